The third kappa shape index (κ3) is 2.45. The van der Waals surface area contributed by atoms with Gasteiger partial charge in [-0.25, -0.2) is 4.98 Å². The van der Waals surface area contributed by atoms with Crippen molar-refractivity contribution in [2.75, 3.05) is 14.1 Å². The summed E-state index contributed by atoms with van der Waals surface area (Å²) in [5.41, 5.74) is 2.65. The topological polar surface area (TPSA) is 56.0 Å². The van der Waals surface area contributed by atoms with E-state index in [-0.39, 0.29) is 5.91 Å². The number of imidazole rings is 1. The van der Waals surface area contributed by atoms with Gasteiger partial charge in [0.05, 0.1) is 11.6 Å². The van der Waals surface area contributed by atoms with Gasteiger partial charge in [0, 0.05) is 34.1 Å². The lowest BCUT2D eigenvalue weighted by atomic mass is 10.3. The number of hydrogen-bond acceptors (Lipinski definition) is 3. The monoisotopic (exact) mass is 283 g/mol. The number of carbonyl (C=O) groups is 1. The van der Waals surface area contributed by atoms with Crippen LogP contribution in [0.2, 0.25) is 0 Å². The summed E-state index contributed by atoms with van der Waals surface area (Å²) in [5.74, 6) is 1.19. The Bertz CT molecular complexity index is 613. The highest BCUT2D eigenvalue weighted by molar-refractivity contribution is 6.16. The van der Waals surface area contributed by atoms with Crippen molar-refractivity contribution in [3.8, 4) is 0 Å². The van der Waals surface area contributed by atoms with Crippen LogP contribution < -0.4 is 0 Å². The maximum atomic E-state index is 11.7. The van der Waals surface area contributed by atoms with Gasteiger partial charge >= 0.3 is 0 Å². The number of amides is 1. The fraction of sp³-hybridized carbons (Fsp3) is 0.583. The van der Waals surface area contributed by atoms with E-state index in [1.165, 1.54) is 0 Å². The summed E-state index contributed by atoms with van der Waals surface area (Å²) in [6.07, 6.45) is 0.423. The zero-order valence-corrected chi connectivity index (χ0v) is 12.4. The fourth-order valence-corrected chi connectivity index (χ4v) is 2.35. The van der Waals surface area contributed by atoms with Gasteiger partial charge in [-0.2, -0.15) is 5.10 Å². The van der Waals surface area contributed by atoms with Crippen LogP contribution in [-0.4, -0.2) is 44.2 Å². The maximum Gasteiger partial charge on any atom is 0.223 e. The SMILES string of the molecule is Cc1nn(C)c2c1nc(CCl)n2CCC(=O)N(C)C. The van der Waals surface area contributed by atoms with E-state index < -0.39 is 0 Å². The Kier molecular flexibility index (Phi) is 3.80. The second-order valence-electron chi connectivity index (χ2n) is 4.73. The van der Waals surface area contributed by atoms with Crippen LogP contribution in [0.25, 0.3) is 11.2 Å². The van der Waals surface area contributed by atoms with Crippen molar-refractivity contribution in [2.45, 2.75) is 25.8 Å². The predicted octanol–water partition coefficient (Wildman–Crippen LogP) is 1.30. The van der Waals surface area contributed by atoms with Crippen LogP contribution in [0.3, 0.4) is 0 Å². The highest BCUT2D eigenvalue weighted by atomic mass is 35.5. The fourth-order valence-electron chi connectivity index (χ4n) is 2.15. The molecule has 2 aromatic rings. The highest BCUT2D eigenvalue weighted by Gasteiger charge is 2.17. The van der Waals surface area contributed by atoms with Gasteiger partial charge in [-0.15, -0.1) is 11.6 Å². The summed E-state index contributed by atoms with van der Waals surface area (Å²) in [5, 5.41) is 4.34. The summed E-state index contributed by atoms with van der Waals surface area (Å²) >= 11 is 5.93. The van der Waals surface area contributed by atoms with Gasteiger partial charge in [0.2, 0.25) is 5.91 Å². The Hall–Kier alpha value is -1.56. The first kappa shape index (κ1) is 13.9. The van der Waals surface area contributed by atoms with Crippen molar-refractivity contribution >= 4 is 28.7 Å². The maximum absolute atomic E-state index is 11.7. The number of nitrogens with zero attached hydrogens (tertiary/aromatic N) is 5. The first-order chi connectivity index (χ1) is 8.95. The van der Waals surface area contributed by atoms with Gasteiger partial charge < -0.3 is 9.47 Å². The van der Waals surface area contributed by atoms with Crippen LogP contribution in [0.15, 0.2) is 0 Å². The zero-order chi connectivity index (χ0) is 14.2. The number of rotatable bonds is 4. The van der Waals surface area contributed by atoms with E-state index in [9.17, 15) is 4.79 Å². The molecule has 0 aromatic carbocycles. The van der Waals surface area contributed by atoms with E-state index in [0.29, 0.717) is 18.8 Å². The highest BCUT2D eigenvalue weighted by Crippen LogP contribution is 2.20. The summed E-state index contributed by atoms with van der Waals surface area (Å²) < 4.78 is 3.76. The summed E-state index contributed by atoms with van der Waals surface area (Å²) in [4.78, 5) is 17.8. The minimum Gasteiger partial charge on any atom is -0.349 e. The van der Waals surface area contributed by atoms with Crippen LogP contribution in [0, 0.1) is 6.92 Å². The summed E-state index contributed by atoms with van der Waals surface area (Å²) in [7, 11) is 5.38. The molecule has 0 atom stereocenters. The first-order valence-corrected chi connectivity index (χ1v) is 6.64. The lowest BCUT2D eigenvalue weighted by Crippen LogP contribution is -2.23. The van der Waals surface area contributed by atoms with Crippen molar-refractivity contribution in [1.29, 1.82) is 0 Å². The molecule has 6 nitrogen and oxygen atoms in total. The summed E-state index contributed by atoms with van der Waals surface area (Å²) in [6, 6.07) is 0. The smallest absolute Gasteiger partial charge is 0.223 e. The minimum absolute atomic E-state index is 0.0845. The van der Waals surface area contributed by atoms with Crippen molar-refractivity contribution in [3.63, 3.8) is 0 Å². The molecule has 0 aliphatic rings. The second kappa shape index (κ2) is 5.21. The molecule has 2 heterocycles. The molecule has 2 rings (SSSR count). The number of aryl methyl sites for hydroxylation is 3. The van der Waals surface area contributed by atoms with Crippen LogP contribution in [0.5, 0.6) is 0 Å². The minimum atomic E-state index is 0.0845. The van der Waals surface area contributed by atoms with Crippen LogP contribution in [0.4, 0.5) is 0 Å². The van der Waals surface area contributed by atoms with E-state index in [0.717, 1.165) is 22.7 Å². The molecule has 0 aliphatic heterocycles. The standard InChI is InChI=1S/C12H18ClN5O/c1-8-11-12(17(4)15-8)18(9(7-13)14-11)6-5-10(19)16(2)3/h5-7H2,1-4H3. The van der Waals surface area contributed by atoms with E-state index in [2.05, 4.69) is 10.1 Å². The largest absolute Gasteiger partial charge is 0.349 e. The molecule has 104 valence electrons. The average Bonchev–Trinajstić information content (AvgIpc) is 2.85. The van der Waals surface area contributed by atoms with Crippen molar-refractivity contribution in [2.24, 2.45) is 7.05 Å². The Morgan fingerprint density at radius 3 is 2.68 bits per heavy atom. The molecular weight excluding hydrogens is 266 g/mol. The quantitative estimate of drug-likeness (QED) is 0.795. The van der Waals surface area contributed by atoms with Crippen molar-refractivity contribution < 1.29 is 4.79 Å². The molecule has 0 saturated heterocycles. The van der Waals surface area contributed by atoms with E-state index in [4.69, 9.17) is 11.6 Å². The lowest BCUT2D eigenvalue weighted by molar-refractivity contribution is -0.128. The van der Waals surface area contributed by atoms with Gasteiger partial charge in [-0.3, -0.25) is 9.48 Å². The molecule has 0 fully saturated rings. The van der Waals surface area contributed by atoms with Crippen molar-refractivity contribution in [3.05, 3.63) is 11.5 Å². The number of carbonyl (C=O) groups excluding carboxylic acids is 1. The molecular formula is C12H18ClN5O. The number of aromatic nitrogens is 4. The molecule has 0 saturated carbocycles. The third-order valence-corrected chi connectivity index (χ3v) is 3.38. The van der Waals surface area contributed by atoms with Gasteiger partial charge in [0.15, 0.2) is 5.65 Å². The van der Waals surface area contributed by atoms with E-state index in [1.54, 1.807) is 23.7 Å². The van der Waals surface area contributed by atoms with Gasteiger partial charge in [-0.1, -0.05) is 0 Å². The summed E-state index contributed by atoms with van der Waals surface area (Å²) in [6.45, 7) is 2.48. The van der Waals surface area contributed by atoms with Crippen LogP contribution >= 0.6 is 11.6 Å². The molecule has 7 heteroatoms. The van der Waals surface area contributed by atoms with Gasteiger partial charge in [0.1, 0.15) is 11.3 Å². The Labute approximate surface area is 117 Å². The van der Waals surface area contributed by atoms with Gasteiger partial charge in [0.25, 0.3) is 0 Å². The van der Waals surface area contributed by atoms with Crippen LogP contribution in [-0.2, 0) is 24.3 Å². The Morgan fingerprint density at radius 2 is 2.11 bits per heavy atom. The molecule has 0 N–H and O–H groups in total. The molecule has 0 aliphatic carbocycles. The molecule has 1 amide bonds. The van der Waals surface area contributed by atoms with Crippen molar-refractivity contribution in [1.82, 2.24) is 24.2 Å². The Balaban J connectivity index is 2.37. The molecule has 0 unspecified atom stereocenters. The number of fused-ring (bicyclic) bond motifs is 1. The molecule has 19 heavy (non-hydrogen) atoms. The van der Waals surface area contributed by atoms with E-state index >= 15 is 0 Å². The predicted molar refractivity (Wildman–Crippen MR) is 74.1 cm³/mol. The molecule has 0 spiro atoms. The molecule has 0 bridgehead atoms. The zero-order valence-electron chi connectivity index (χ0n) is 11.6. The molecule has 0 radical (unpaired) electrons. The molecule has 2 aromatic heterocycles. The Morgan fingerprint density at radius 1 is 1.42 bits per heavy atom. The van der Waals surface area contributed by atoms with Crippen LogP contribution in [0.1, 0.15) is 17.9 Å². The number of alkyl halides is 1. The normalized spacial score (nSPS) is 11.2. The second-order valence-corrected chi connectivity index (χ2v) is 5.00. The third-order valence-electron chi connectivity index (χ3n) is 3.14. The number of hydrogen-bond donors (Lipinski definition) is 0. The first-order valence-electron chi connectivity index (χ1n) is 6.10. The van der Waals surface area contributed by atoms with Gasteiger partial charge in [-0.05, 0) is 6.92 Å². The average molecular weight is 284 g/mol. The number of halogens is 1. The van der Waals surface area contributed by atoms with E-state index in [1.807, 2.05) is 18.5 Å². The lowest BCUT2D eigenvalue weighted by Gasteiger charge is -2.12.